The molecule has 1 atom stereocenters. The zero-order chi connectivity index (χ0) is 14.5. The molecule has 104 valence electrons. The summed E-state index contributed by atoms with van der Waals surface area (Å²) in [6.45, 7) is 4.19. The van der Waals surface area contributed by atoms with Crippen molar-refractivity contribution < 1.29 is 9.90 Å². The topological polar surface area (TPSA) is 49.3 Å². The van der Waals surface area contributed by atoms with Crippen LogP contribution in [0.1, 0.15) is 36.9 Å². The van der Waals surface area contributed by atoms with Crippen molar-refractivity contribution in [3.05, 3.63) is 65.7 Å². The highest BCUT2D eigenvalue weighted by Gasteiger charge is 2.20. The summed E-state index contributed by atoms with van der Waals surface area (Å²) in [6.07, 6.45) is 0. The molecule has 1 unspecified atom stereocenters. The molecule has 0 radical (unpaired) electrons. The number of carbonyl (C=O) groups is 1. The molecule has 0 spiro atoms. The van der Waals surface area contributed by atoms with E-state index in [0.717, 1.165) is 16.8 Å². The van der Waals surface area contributed by atoms with Crippen LogP contribution in [0.15, 0.2) is 54.6 Å². The maximum absolute atomic E-state index is 11.5. The average Bonchev–Trinajstić information content (AvgIpc) is 2.45. The lowest BCUT2D eigenvalue weighted by Gasteiger charge is -2.20. The maximum atomic E-state index is 11.5. The first-order valence-corrected chi connectivity index (χ1v) is 6.73. The number of carboxylic acids is 1. The van der Waals surface area contributed by atoms with Crippen LogP contribution in [0.5, 0.6) is 0 Å². The first-order valence-electron chi connectivity index (χ1n) is 6.73. The lowest BCUT2D eigenvalue weighted by atomic mass is 9.99. The number of hydrogen-bond acceptors (Lipinski definition) is 2. The Balaban J connectivity index is 2.33. The molecular weight excluding hydrogens is 250 g/mol. The molecular formula is C17H19NO2. The first-order chi connectivity index (χ1) is 9.59. The Labute approximate surface area is 119 Å². The summed E-state index contributed by atoms with van der Waals surface area (Å²) in [5.41, 5.74) is 2.74. The van der Waals surface area contributed by atoms with E-state index in [-0.39, 0.29) is 0 Å². The molecule has 20 heavy (non-hydrogen) atoms. The molecule has 0 saturated heterocycles. The molecule has 0 saturated carbocycles. The minimum absolute atomic E-state index is 0.337. The van der Waals surface area contributed by atoms with Gasteiger partial charge in [-0.1, -0.05) is 62.4 Å². The number of nitrogens with one attached hydrogen (secondary N) is 1. The quantitative estimate of drug-likeness (QED) is 0.861. The van der Waals surface area contributed by atoms with Crippen molar-refractivity contribution in [3.8, 4) is 0 Å². The van der Waals surface area contributed by atoms with Crippen LogP contribution in [-0.2, 0) is 4.79 Å². The minimum atomic E-state index is -0.880. The van der Waals surface area contributed by atoms with Gasteiger partial charge in [0.15, 0.2) is 6.04 Å². The number of para-hydroxylation sites is 1. The molecule has 0 aliphatic carbocycles. The predicted octanol–water partition coefficient (Wildman–Crippen LogP) is 4.05. The van der Waals surface area contributed by atoms with E-state index in [1.165, 1.54) is 0 Å². The van der Waals surface area contributed by atoms with Crippen molar-refractivity contribution in [3.63, 3.8) is 0 Å². The van der Waals surface area contributed by atoms with Crippen molar-refractivity contribution in [1.82, 2.24) is 0 Å². The molecule has 3 nitrogen and oxygen atoms in total. The molecule has 0 aliphatic heterocycles. The Morgan fingerprint density at radius 3 is 2.20 bits per heavy atom. The lowest BCUT2D eigenvalue weighted by molar-refractivity contribution is -0.138. The monoisotopic (exact) mass is 269 g/mol. The van der Waals surface area contributed by atoms with E-state index >= 15 is 0 Å². The number of carboxylic acid groups (broad SMARTS) is 1. The van der Waals surface area contributed by atoms with Gasteiger partial charge in [0.1, 0.15) is 0 Å². The van der Waals surface area contributed by atoms with Gasteiger partial charge in [0, 0.05) is 5.69 Å². The van der Waals surface area contributed by atoms with E-state index < -0.39 is 12.0 Å². The number of hydrogen-bond donors (Lipinski definition) is 2. The molecule has 0 aliphatic rings. The predicted molar refractivity (Wildman–Crippen MR) is 81.0 cm³/mol. The van der Waals surface area contributed by atoms with E-state index in [0.29, 0.717) is 5.92 Å². The highest BCUT2D eigenvalue weighted by atomic mass is 16.4. The van der Waals surface area contributed by atoms with Gasteiger partial charge in [-0.25, -0.2) is 4.79 Å². The van der Waals surface area contributed by atoms with Crippen LogP contribution in [0.4, 0.5) is 5.69 Å². The summed E-state index contributed by atoms with van der Waals surface area (Å²) in [7, 11) is 0. The van der Waals surface area contributed by atoms with Crippen LogP contribution in [0, 0.1) is 0 Å². The molecule has 2 N–H and O–H groups in total. The minimum Gasteiger partial charge on any atom is -0.479 e. The third-order valence-corrected chi connectivity index (χ3v) is 3.26. The molecule has 0 fully saturated rings. The second kappa shape index (κ2) is 6.24. The largest absolute Gasteiger partial charge is 0.479 e. The number of aliphatic carboxylic acids is 1. The van der Waals surface area contributed by atoms with Gasteiger partial charge in [-0.05, 0) is 23.1 Å². The molecule has 0 amide bonds. The van der Waals surface area contributed by atoms with E-state index in [2.05, 4.69) is 19.2 Å². The average molecular weight is 269 g/mol. The fraction of sp³-hybridized carbons (Fsp3) is 0.235. The zero-order valence-corrected chi connectivity index (χ0v) is 11.7. The Kier molecular flexibility index (Phi) is 4.41. The van der Waals surface area contributed by atoms with Crippen molar-refractivity contribution in [2.75, 3.05) is 5.32 Å². The van der Waals surface area contributed by atoms with Crippen molar-refractivity contribution in [1.29, 1.82) is 0 Å². The summed E-state index contributed by atoms with van der Waals surface area (Å²) in [5.74, 6) is -0.543. The smallest absolute Gasteiger partial charge is 0.330 e. The Hall–Kier alpha value is -2.29. The second-order valence-electron chi connectivity index (χ2n) is 5.07. The second-order valence-corrected chi connectivity index (χ2v) is 5.07. The molecule has 2 rings (SSSR count). The van der Waals surface area contributed by atoms with E-state index in [9.17, 15) is 9.90 Å². The molecule has 0 aromatic heterocycles. The summed E-state index contributed by atoms with van der Waals surface area (Å²) >= 11 is 0. The maximum Gasteiger partial charge on any atom is 0.330 e. The van der Waals surface area contributed by atoms with Crippen LogP contribution in [0.3, 0.4) is 0 Å². The Morgan fingerprint density at radius 2 is 1.60 bits per heavy atom. The standard InChI is InChI=1S/C17H19NO2/c1-12(2)14-10-6-7-11-15(14)18-16(17(19)20)13-8-4-3-5-9-13/h3-12,16,18H,1-2H3,(H,19,20). The Morgan fingerprint density at radius 1 is 1.00 bits per heavy atom. The third-order valence-electron chi connectivity index (χ3n) is 3.26. The van der Waals surface area contributed by atoms with Gasteiger partial charge in [-0.2, -0.15) is 0 Å². The molecule has 0 bridgehead atoms. The van der Waals surface area contributed by atoms with Crippen molar-refractivity contribution in [2.45, 2.75) is 25.8 Å². The molecule has 3 heteroatoms. The van der Waals surface area contributed by atoms with Gasteiger partial charge >= 0.3 is 5.97 Å². The van der Waals surface area contributed by atoms with Gasteiger partial charge in [0.2, 0.25) is 0 Å². The Bertz CT molecular complexity index is 579. The van der Waals surface area contributed by atoms with E-state index in [1.807, 2.05) is 54.6 Å². The highest BCUT2D eigenvalue weighted by molar-refractivity contribution is 5.79. The lowest BCUT2D eigenvalue weighted by Crippen LogP contribution is -2.21. The van der Waals surface area contributed by atoms with E-state index in [4.69, 9.17) is 0 Å². The summed E-state index contributed by atoms with van der Waals surface area (Å²) in [4.78, 5) is 11.5. The van der Waals surface area contributed by atoms with Crippen LogP contribution in [0.2, 0.25) is 0 Å². The van der Waals surface area contributed by atoms with Crippen molar-refractivity contribution in [2.24, 2.45) is 0 Å². The molecule has 2 aromatic carbocycles. The number of rotatable bonds is 5. The first kappa shape index (κ1) is 14.1. The van der Waals surface area contributed by atoms with Crippen LogP contribution in [-0.4, -0.2) is 11.1 Å². The summed E-state index contributed by atoms with van der Waals surface area (Å²) < 4.78 is 0. The fourth-order valence-corrected chi connectivity index (χ4v) is 2.22. The van der Waals surface area contributed by atoms with Crippen molar-refractivity contribution >= 4 is 11.7 Å². The fourth-order valence-electron chi connectivity index (χ4n) is 2.22. The highest BCUT2D eigenvalue weighted by Crippen LogP contribution is 2.27. The van der Waals surface area contributed by atoms with Crippen LogP contribution >= 0.6 is 0 Å². The normalized spacial score (nSPS) is 12.2. The number of anilines is 1. The summed E-state index contributed by atoms with van der Waals surface area (Å²) in [5, 5.41) is 12.6. The zero-order valence-electron chi connectivity index (χ0n) is 11.7. The van der Waals surface area contributed by atoms with Gasteiger partial charge < -0.3 is 10.4 Å². The van der Waals surface area contributed by atoms with Crippen LogP contribution in [0.25, 0.3) is 0 Å². The summed E-state index contributed by atoms with van der Waals surface area (Å²) in [6, 6.07) is 16.3. The number of benzene rings is 2. The SMILES string of the molecule is CC(C)c1ccccc1NC(C(=O)O)c1ccccc1. The molecule has 2 aromatic rings. The van der Waals surface area contributed by atoms with Crippen LogP contribution < -0.4 is 5.32 Å². The third kappa shape index (κ3) is 3.18. The molecule has 0 heterocycles. The van der Waals surface area contributed by atoms with Gasteiger partial charge in [0.25, 0.3) is 0 Å². The van der Waals surface area contributed by atoms with Gasteiger partial charge in [-0.15, -0.1) is 0 Å². The van der Waals surface area contributed by atoms with Gasteiger partial charge in [-0.3, -0.25) is 0 Å². The van der Waals surface area contributed by atoms with Gasteiger partial charge in [0.05, 0.1) is 0 Å². The van der Waals surface area contributed by atoms with E-state index in [1.54, 1.807) is 0 Å².